The predicted octanol–water partition coefficient (Wildman–Crippen LogP) is 3.99. The average molecular weight is 268 g/mol. The van der Waals surface area contributed by atoms with Gasteiger partial charge in [0.15, 0.2) is 0 Å². The van der Waals surface area contributed by atoms with Crippen molar-refractivity contribution in [1.82, 2.24) is 4.98 Å². The minimum atomic E-state index is 0.411. The smallest absolute Gasteiger partial charge is 0.134 e. The van der Waals surface area contributed by atoms with Gasteiger partial charge >= 0.3 is 0 Å². The Balaban J connectivity index is 2.19. The second kappa shape index (κ2) is 5.39. The Hall–Kier alpha value is -1.25. The van der Waals surface area contributed by atoms with Gasteiger partial charge in [-0.05, 0) is 29.3 Å². The summed E-state index contributed by atoms with van der Waals surface area (Å²) in [6.45, 7) is 0. The van der Waals surface area contributed by atoms with Crippen LogP contribution in [0.3, 0.4) is 0 Å². The molecular weight excluding hydrogens is 257 g/mol. The Morgan fingerprint density at radius 2 is 1.76 bits per heavy atom. The third kappa shape index (κ3) is 3.11. The number of aromatic nitrogens is 1. The van der Waals surface area contributed by atoms with Crippen LogP contribution in [0.15, 0.2) is 36.4 Å². The summed E-state index contributed by atoms with van der Waals surface area (Å²) in [5.41, 5.74) is 2.11. The fourth-order valence-corrected chi connectivity index (χ4v) is 1.95. The lowest BCUT2D eigenvalue weighted by Crippen LogP contribution is -1.92. The molecule has 0 N–H and O–H groups in total. The molecule has 2 aromatic rings. The van der Waals surface area contributed by atoms with Crippen LogP contribution in [0.4, 0.5) is 0 Å². The second-order valence-corrected chi connectivity index (χ2v) is 4.35. The van der Waals surface area contributed by atoms with Gasteiger partial charge in [-0.2, -0.15) is 0 Å². The molecule has 0 atom stereocenters. The summed E-state index contributed by atoms with van der Waals surface area (Å²) in [5.74, 6) is 0.842. The predicted molar refractivity (Wildman–Crippen MR) is 70.1 cm³/mol. The molecule has 0 amide bonds. The van der Waals surface area contributed by atoms with Crippen LogP contribution >= 0.6 is 23.2 Å². The number of benzene rings is 1. The van der Waals surface area contributed by atoms with Gasteiger partial charge in [-0.15, -0.1) is 0 Å². The summed E-state index contributed by atoms with van der Waals surface area (Å²) in [6.07, 6.45) is 0.729. The maximum Gasteiger partial charge on any atom is 0.134 e. The topological polar surface area (TPSA) is 22.1 Å². The van der Waals surface area contributed by atoms with E-state index in [0.29, 0.717) is 10.3 Å². The summed E-state index contributed by atoms with van der Waals surface area (Å²) < 4.78 is 5.10. The normalized spacial score (nSPS) is 10.3. The van der Waals surface area contributed by atoms with Crippen molar-refractivity contribution in [1.29, 1.82) is 0 Å². The highest BCUT2D eigenvalue weighted by Crippen LogP contribution is 2.21. The molecule has 17 heavy (non-hydrogen) atoms. The summed E-state index contributed by atoms with van der Waals surface area (Å²) in [7, 11) is 1.65. The highest BCUT2D eigenvalue weighted by molar-refractivity contribution is 6.32. The van der Waals surface area contributed by atoms with Crippen LogP contribution in [0, 0.1) is 0 Å². The summed E-state index contributed by atoms with van der Waals surface area (Å²) in [6, 6.07) is 11.5. The average Bonchev–Trinajstić information content (AvgIpc) is 2.34. The number of methoxy groups -OCH3 is 1. The van der Waals surface area contributed by atoms with Crippen LogP contribution in [-0.4, -0.2) is 12.1 Å². The SMILES string of the molecule is COc1ccc(Cc2ccc(Cl)nc2Cl)cc1. The molecule has 1 aromatic carbocycles. The van der Waals surface area contributed by atoms with E-state index >= 15 is 0 Å². The van der Waals surface area contributed by atoms with Crippen LogP contribution < -0.4 is 4.74 Å². The number of rotatable bonds is 3. The maximum atomic E-state index is 6.02. The molecule has 0 aliphatic rings. The highest BCUT2D eigenvalue weighted by Gasteiger charge is 2.04. The first-order chi connectivity index (χ1) is 8.19. The summed E-state index contributed by atoms with van der Waals surface area (Å²) >= 11 is 11.8. The Morgan fingerprint density at radius 1 is 1.06 bits per heavy atom. The van der Waals surface area contributed by atoms with Gasteiger partial charge in [0.05, 0.1) is 7.11 Å². The summed E-state index contributed by atoms with van der Waals surface area (Å²) in [4.78, 5) is 4.01. The van der Waals surface area contributed by atoms with E-state index < -0.39 is 0 Å². The van der Waals surface area contributed by atoms with Gasteiger partial charge in [0, 0.05) is 6.42 Å². The monoisotopic (exact) mass is 267 g/mol. The standard InChI is InChI=1S/C13H11Cl2NO/c1-17-11-5-2-9(3-6-11)8-10-4-7-12(14)16-13(10)15/h2-7H,8H2,1H3. The van der Waals surface area contributed by atoms with E-state index in [2.05, 4.69) is 4.98 Å². The van der Waals surface area contributed by atoms with Crippen molar-refractivity contribution < 1.29 is 4.74 Å². The van der Waals surface area contributed by atoms with Crippen LogP contribution in [0.5, 0.6) is 5.75 Å². The maximum absolute atomic E-state index is 6.02. The molecule has 0 saturated heterocycles. The zero-order valence-electron chi connectivity index (χ0n) is 9.28. The molecule has 2 rings (SSSR count). The van der Waals surface area contributed by atoms with Crippen molar-refractivity contribution >= 4 is 23.2 Å². The Kier molecular flexibility index (Phi) is 3.87. The van der Waals surface area contributed by atoms with Crippen LogP contribution in [0.1, 0.15) is 11.1 Å². The largest absolute Gasteiger partial charge is 0.497 e. The molecule has 0 unspecified atom stereocenters. The van der Waals surface area contributed by atoms with Crippen LogP contribution in [0.2, 0.25) is 10.3 Å². The number of ether oxygens (including phenoxy) is 1. The molecule has 1 aromatic heterocycles. The van der Waals surface area contributed by atoms with E-state index in [-0.39, 0.29) is 0 Å². The van der Waals surface area contributed by atoms with Crippen molar-refractivity contribution in [2.45, 2.75) is 6.42 Å². The van der Waals surface area contributed by atoms with E-state index in [1.807, 2.05) is 30.3 Å². The minimum absolute atomic E-state index is 0.411. The van der Waals surface area contributed by atoms with Crippen LogP contribution in [0.25, 0.3) is 0 Å². The molecule has 0 saturated carbocycles. The van der Waals surface area contributed by atoms with Gasteiger partial charge in [-0.3, -0.25) is 0 Å². The molecule has 88 valence electrons. The Bertz CT molecular complexity index is 511. The summed E-state index contributed by atoms with van der Waals surface area (Å²) in [5, 5.41) is 0.863. The van der Waals surface area contributed by atoms with Gasteiger partial charge in [-0.25, -0.2) is 4.98 Å². The Morgan fingerprint density at radius 3 is 2.35 bits per heavy atom. The molecule has 0 radical (unpaired) electrons. The highest BCUT2D eigenvalue weighted by atomic mass is 35.5. The second-order valence-electron chi connectivity index (χ2n) is 3.61. The molecule has 0 spiro atoms. The lowest BCUT2D eigenvalue weighted by atomic mass is 10.1. The zero-order valence-corrected chi connectivity index (χ0v) is 10.8. The van der Waals surface area contributed by atoms with Crippen molar-refractivity contribution in [3.63, 3.8) is 0 Å². The van der Waals surface area contributed by atoms with E-state index in [1.54, 1.807) is 13.2 Å². The van der Waals surface area contributed by atoms with Crippen molar-refractivity contribution in [3.05, 3.63) is 57.8 Å². The molecule has 0 bridgehead atoms. The van der Waals surface area contributed by atoms with Crippen molar-refractivity contribution in [2.24, 2.45) is 0 Å². The fourth-order valence-electron chi connectivity index (χ4n) is 1.54. The molecule has 0 aliphatic heterocycles. The lowest BCUT2D eigenvalue weighted by Gasteiger charge is -2.05. The van der Waals surface area contributed by atoms with E-state index in [9.17, 15) is 0 Å². The molecule has 0 aliphatic carbocycles. The third-order valence-electron chi connectivity index (χ3n) is 2.45. The first kappa shape index (κ1) is 12.2. The van der Waals surface area contributed by atoms with E-state index in [0.717, 1.165) is 23.3 Å². The quantitative estimate of drug-likeness (QED) is 0.785. The molecule has 1 heterocycles. The molecular formula is C13H11Cl2NO. The van der Waals surface area contributed by atoms with Crippen molar-refractivity contribution in [2.75, 3.05) is 7.11 Å². The zero-order chi connectivity index (χ0) is 12.3. The lowest BCUT2D eigenvalue weighted by molar-refractivity contribution is 0.414. The number of hydrogen-bond acceptors (Lipinski definition) is 2. The third-order valence-corrected chi connectivity index (χ3v) is 2.98. The number of pyridine rings is 1. The van der Waals surface area contributed by atoms with Gasteiger partial charge < -0.3 is 4.74 Å². The van der Waals surface area contributed by atoms with Crippen molar-refractivity contribution in [3.8, 4) is 5.75 Å². The molecule has 2 nitrogen and oxygen atoms in total. The van der Waals surface area contributed by atoms with E-state index in [4.69, 9.17) is 27.9 Å². The first-order valence-corrected chi connectivity index (χ1v) is 5.88. The number of hydrogen-bond donors (Lipinski definition) is 0. The first-order valence-electron chi connectivity index (χ1n) is 5.13. The minimum Gasteiger partial charge on any atom is -0.497 e. The van der Waals surface area contributed by atoms with Gasteiger partial charge in [0.1, 0.15) is 16.1 Å². The van der Waals surface area contributed by atoms with E-state index in [1.165, 1.54) is 0 Å². The molecule has 0 fully saturated rings. The number of halogens is 2. The van der Waals surface area contributed by atoms with Crippen LogP contribution in [-0.2, 0) is 6.42 Å². The molecule has 4 heteroatoms. The van der Waals surface area contributed by atoms with Gasteiger partial charge in [0.2, 0.25) is 0 Å². The number of nitrogens with zero attached hydrogens (tertiary/aromatic N) is 1. The Labute approximate surface area is 110 Å². The van der Waals surface area contributed by atoms with Gasteiger partial charge in [0.25, 0.3) is 0 Å². The van der Waals surface area contributed by atoms with Gasteiger partial charge in [-0.1, -0.05) is 41.4 Å². The fraction of sp³-hybridized carbons (Fsp3) is 0.154.